The van der Waals surface area contributed by atoms with Gasteiger partial charge in [-0.15, -0.1) is 0 Å². The molecule has 0 unspecified atom stereocenters. The zero-order valence-electron chi connectivity index (χ0n) is 10.8. The topological polar surface area (TPSA) is 43.6 Å². The Kier molecular flexibility index (Phi) is 3.20. The third-order valence-electron chi connectivity index (χ3n) is 2.93. The van der Waals surface area contributed by atoms with Crippen LogP contribution in [0.5, 0.6) is 0 Å². The van der Waals surface area contributed by atoms with Crippen LogP contribution < -0.4 is 0 Å². The van der Waals surface area contributed by atoms with Gasteiger partial charge in [0.05, 0.1) is 23.5 Å². The van der Waals surface area contributed by atoms with Crippen molar-refractivity contribution in [2.24, 2.45) is 0 Å². The van der Waals surface area contributed by atoms with Gasteiger partial charge in [0, 0.05) is 0 Å². The second-order valence-electron chi connectivity index (χ2n) is 4.23. The summed E-state index contributed by atoms with van der Waals surface area (Å²) in [5, 5.41) is 0.496. The fourth-order valence-corrected chi connectivity index (χ4v) is 3.25. The van der Waals surface area contributed by atoms with Crippen LogP contribution in [0.25, 0.3) is 11.2 Å². The van der Waals surface area contributed by atoms with E-state index in [0.717, 1.165) is 18.0 Å². The van der Waals surface area contributed by atoms with Crippen molar-refractivity contribution < 1.29 is 22.7 Å². The van der Waals surface area contributed by atoms with Crippen LogP contribution in [0.4, 0.5) is 13.2 Å². The summed E-state index contributed by atoms with van der Waals surface area (Å²) < 4.78 is 46.2. The number of pyridine rings is 1. The second-order valence-corrected chi connectivity index (χ2v) is 5.26. The number of allylic oxidation sites excluding steroid dienone is 1. The van der Waals surface area contributed by atoms with E-state index < -0.39 is 22.6 Å². The molecule has 0 N–H and O–H groups in total. The first-order valence-electron chi connectivity index (χ1n) is 6.06. The van der Waals surface area contributed by atoms with Gasteiger partial charge in [0.2, 0.25) is 0 Å². The van der Waals surface area contributed by atoms with Crippen molar-refractivity contribution in [3.05, 3.63) is 35.0 Å². The number of aromatic nitrogens is 2. The first-order chi connectivity index (χ1) is 9.93. The average molecular weight is 314 g/mol. The Morgan fingerprint density at radius 3 is 2.86 bits per heavy atom. The Morgan fingerprint density at radius 2 is 2.19 bits per heavy atom. The van der Waals surface area contributed by atoms with Gasteiger partial charge in [-0.25, -0.2) is 9.78 Å². The van der Waals surface area contributed by atoms with E-state index >= 15 is 0 Å². The summed E-state index contributed by atoms with van der Waals surface area (Å²) in [5.74, 6) is -0.973. The number of rotatable bonds is 2. The fraction of sp³-hybridized carbons (Fsp3) is 0.231. The minimum absolute atomic E-state index is 0.0114. The number of hydrogen-bond acceptors (Lipinski definition) is 4. The molecule has 8 heteroatoms. The number of esters is 1. The lowest BCUT2D eigenvalue weighted by Crippen LogP contribution is -2.21. The van der Waals surface area contributed by atoms with Gasteiger partial charge in [-0.2, -0.15) is 13.2 Å². The molecule has 0 fully saturated rings. The number of imidazole rings is 1. The SMILES string of the molecule is CCOC(=O)C1=C(C(F)(F)F)c2cnc3cccc(n23)S1. The Labute approximate surface area is 121 Å². The summed E-state index contributed by atoms with van der Waals surface area (Å²) in [4.78, 5) is 15.4. The van der Waals surface area contributed by atoms with Crippen molar-refractivity contribution in [3.8, 4) is 0 Å². The highest BCUT2D eigenvalue weighted by Gasteiger charge is 2.44. The molecule has 2 aromatic rings. The van der Waals surface area contributed by atoms with Gasteiger partial charge < -0.3 is 4.74 Å². The molecular weight excluding hydrogens is 305 g/mol. The Hall–Kier alpha value is -1.96. The predicted octanol–water partition coefficient (Wildman–Crippen LogP) is 3.28. The number of ether oxygens (including phenoxy) is 1. The van der Waals surface area contributed by atoms with Gasteiger partial charge in [-0.1, -0.05) is 17.8 Å². The lowest BCUT2D eigenvalue weighted by molar-refractivity contribution is -0.138. The van der Waals surface area contributed by atoms with Crippen LogP contribution in [0.1, 0.15) is 12.6 Å². The molecule has 2 aromatic heterocycles. The van der Waals surface area contributed by atoms with E-state index in [1.54, 1.807) is 25.1 Å². The van der Waals surface area contributed by atoms with Crippen LogP contribution in [0.3, 0.4) is 0 Å². The van der Waals surface area contributed by atoms with Crippen LogP contribution in [0.2, 0.25) is 0 Å². The normalized spacial score (nSPS) is 14.7. The van der Waals surface area contributed by atoms with Crippen molar-refractivity contribution in [1.82, 2.24) is 9.38 Å². The molecule has 1 aliphatic rings. The van der Waals surface area contributed by atoms with Crippen molar-refractivity contribution >= 4 is 29.0 Å². The molecule has 1 aliphatic heterocycles. The monoisotopic (exact) mass is 314 g/mol. The molecule has 110 valence electrons. The largest absolute Gasteiger partial charge is 0.462 e. The van der Waals surface area contributed by atoms with Crippen LogP contribution in [-0.4, -0.2) is 28.1 Å². The first-order valence-corrected chi connectivity index (χ1v) is 6.88. The van der Waals surface area contributed by atoms with E-state index in [9.17, 15) is 18.0 Å². The van der Waals surface area contributed by atoms with E-state index in [2.05, 4.69) is 4.98 Å². The number of alkyl halides is 3. The zero-order chi connectivity index (χ0) is 15.2. The lowest BCUT2D eigenvalue weighted by atomic mass is 10.1. The number of thioether (sulfide) groups is 1. The van der Waals surface area contributed by atoms with E-state index in [0.29, 0.717) is 10.7 Å². The van der Waals surface area contributed by atoms with Crippen LogP contribution in [-0.2, 0) is 9.53 Å². The standard InChI is InChI=1S/C13H9F3N2O2S/c1-2-20-12(19)11-10(13(14,15)16)7-6-17-8-4-3-5-9(21-11)18(7)8/h3-6H,2H2,1H3. The molecule has 3 heterocycles. The number of hydrogen-bond donors (Lipinski definition) is 0. The molecule has 0 bridgehead atoms. The summed E-state index contributed by atoms with van der Waals surface area (Å²) in [7, 11) is 0. The fourth-order valence-electron chi connectivity index (χ4n) is 2.15. The maximum atomic E-state index is 13.4. The highest BCUT2D eigenvalue weighted by Crippen LogP contribution is 2.46. The molecule has 0 aliphatic carbocycles. The van der Waals surface area contributed by atoms with Crippen LogP contribution >= 0.6 is 11.8 Å². The van der Waals surface area contributed by atoms with Gasteiger partial charge in [0.1, 0.15) is 16.1 Å². The second kappa shape index (κ2) is 4.80. The molecular formula is C13H9F3N2O2S. The van der Waals surface area contributed by atoms with Gasteiger partial charge in [0.25, 0.3) is 0 Å². The molecule has 0 atom stereocenters. The van der Waals surface area contributed by atoms with E-state index in [4.69, 9.17) is 4.74 Å². The summed E-state index contributed by atoms with van der Waals surface area (Å²) in [5.41, 5.74) is -0.744. The molecule has 0 saturated heterocycles. The van der Waals surface area contributed by atoms with Gasteiger partial charge in [-0.3, -0.25) is 4.40 Å². The number of halogens is 3. The predicted molar refractivity (Wildman–Crippen MR) is 70.7 cm³/mol. The number of carbonyl (C=O) groups is 1. The van der Waals surface area contributed by atoms with Gasteiger partial charge >= 0.3 is 12.1 Å². The smallest absolute Gasteiger partial charge is 0.419 e. The number of nitrogens with zero attached hydrogens (tertiary/aromatic N) is 2. The molecule has 4 nitrogen and oxygen atoms in total. The lowest BCUT2D eigenvalue weighted by Gasteiger charge is -2.21. The van der Waals surface area contributed by atoms with E-state index in [-0.39, 0.29) is 12.3 Å². The zero-order valence-corrected chi connectivity index (χ0v) is 11.6. The summed E-state index contributed by atoms with van der Waals surface area (Å²) >= 11 is 0.745. The van der Waals surface area contributed by atoms with E-state index in [1.807, 2.05) is 0 Å². The molecule has 21 heavy (non-hydrogen) atoms. The first kappa shape index (κ1) is 14.0. The van der Waals surface area contributed by atoms with Crippen molar-refractivity contribution in [2.75, 3.05) is 6.61 Å². The Morgan fingerprint density at radius 1 is 1.43 bits per heavy atom. The Bertz CT molecular complexity index is 764. The quantitative estimate of drug-likeness (QED) is 0.798. The van der Waals surface area contributed by atoms with Gasteiger partial charge in [0.15, 0.2) is 0 Å². The average Bonchev–Trinajstić information content (AvgIpc) is 2.83. The molecule has 0 saturated carbocycles. The maximum Gasteiger partial charge on any atom is 0.419 e. The highest BCUT2D eigenvalue weighted by atomic mass is 32.2. The van der Waals surface area contributed by atoms with Crippen LogP contribution in [0, 0.1) is 0 Å². The summed E-state index contributed by atoms with van der Waals surface area (Å²) in [6.07, 6.45) is -3.54. The van der Waals surface area contributed by atoms with Crippen molar-refractivity contribution in [1.29, 1.82) is 0 Å². The minimum atomic E-state index is -4.67. The van der Waals surface area contributed by atoms with Crippen molar-refractivity contribution in [2.45, 2.75) is 18.1 Å². The number of carbonyl (C=O) groups excluding carboxylic acids is 1. The Balaban J connectivity index is 2.28. The highest BCUT2D eigenvalue weighted by molar-refractivity contribution is 8.04. The molecule has 0 spiro atoms. The van der Waals surface area contributed by atoms with Crippen molar-refractivity contribution in [3.63, 3.8) is 0 Å². The molecule has 0 aromatic carbocycles. The maximum absolute atomic E-state index is 13.4. The van der Waals surface area contributed by atoms with Gasteiger partial charge in [-0.05, 0) is 19.1 Å². The third-order valence-corrected chi connectivity index (χ3v) is 4.03. The van der Waals surface area contributed by atoms with E-state index in [1.165, 1.54) is 4.40 Å². The summed E-state index contributed by atoms with van der Waals surface area (Å²) in [6, 6.07) is 4.92. The molecule has 3 rings (SSSR count). The minimum Gasteiger partial charge on any atom is -0.462 e. The summed E-state index contributed by atoms with van der Waals surface area (Å²) in [6.45, 7) is 1.56. The molecule has 0 amide bonds. The molecule has 0 radical (unpaired) electrons. The van der Waals surface area contributed by atoms with Crippen LogP contribution in [0.15, 0.2) is 34.3 Å². The third kappa shape index (κ3) is 2.19.